The highest BCUT2D eigenvalue weighted by Crippen LogP contribution is 2.31. The second kappa shape index (κ2) is 9.02. The van der Waals surface area contributed by atoms with Crippen molar-refractivity contribution in [2.45, 2.75) is 58.5 Å². The predicted octanol–water partition coefficient (Wildman–Crippen LogP) is 5.30. The molecular formula is C19H25F3O3. The van der Waals surface area contributed by atoms with E-state index in [9.17, 15) is 22.8 Å². The quantitative estimate of drug-likeness (QED) is 0.798. The number of rotatable bonds is 3. The molecule has 6 heteroatoms. The van der Waals surface area contributed by atoms with Crippen LogP contribution < -0.4 is 0 Å². The first kappa shape index (κ1) is 21.2. The zero-order chi connectivity index (χ0) is 19.2. The van der Waals surface area contributed by atoms with Crippen molar-refractivity contribution in [3.8, 4) is 0 Å². The number of benzene rings is 1. The fourth-order valence-electron chi connectivity index (χ4n) is 2.76. The molecule has 3 nitrogen and oxygen atoms in total. The van der Waals surface area contributed by atoms with Crippen LogP contribution >= 0.6 is 0 Å². The topological polar surface area (TPSA) is 54.4 Å². The van der Waals surface area contributed by atoms with Gasteiger partial charge in [0.25, 0.3) is 0 Å². The van der Waals surface area contributed by atoms with Crippen LogP contribution in [-0.4, -0.2) is 16.9 Å². The van der Waals surface area contributed by atoms with Crippen molar-refractivity contribution in [1.29, 1.82) is 0 Å². The van der Waals surface area contributed by atoms with Gasteiger partial charge in [0.15, 0.2) is 0 Å². The maximum atomic E-state index is 12.3. The molecule has 0 spiro atoms. The van der Waals surface area contributed by atoms with Crippen molar-refractivity contribution in [3.05, 3.63) is 35.4 Å². The summed E-state index contributed by atoms with van der Waals surface area (Å²) in [7, 11) is 0. The van der Waals surface area contributed by atoms with E-state index in [4.69, 9.17) is 5.11 Å². The van der Waals surface area contributed by atoms with Crippen LogP contribution in [0.1, 0.15) is 63.5 Å². The number of Topliss-reactive ketones (excluding diaryl/α,β-unsaturated/α-hetero) is 1. The molecule has 1 atom stereocenters. The molecule has 25 heavy (non-hydrogen) atoms. The smallest absolute Gasteiger partial charge is 0.416 e. The highest BCUT2D eigenvalue weighted by molar-refractivity contribution is 5.79. The first-order valence-corrected chi connectivity index (χ1v) is 8.44. The Hall–Kier alpha value is -1.85. The second-order valence-electron chi connectivity index (χ2n) is 6.80. The van der Waals surface area contributed by atoms with Gasteiger partial charge in [0.05, 0.1) is 11.5 Å². The molecule has 1 aromatic carbocycles. The Kier molecular flexibility index (Phi) is 7.64. The number of carboxylic acids is 1. The van der Waals surface area contributed by atoms with Gasteiger partial charge in [0, 0.05) is 12.8 Å². The van der Waals surface area contributed by atoms with E-state index in [0.717, 1.165) is 49.7 Å². The third-order valence-corrected chi connectivity index (χ3v) is 4.62. The largest absolute Gasteiger partial charge is 0.481 e. The Balaban J connectivity index is 0.000000271. The highest BCUT2D eigenvalue weighted by atomic mass is 19.4. The standard InChI is InChI=1S/C10H9F3O2.C9H16O/c1-6(9(14)15)7-3-2-4-8(5-7)10(11,12)13;1-7(2)8-3-5-9(10)6-4-8/h2-6H,1H3,(H,14,15);7-8H,3-6H2,1-2H3. The lowest BCUT2D eigenvalue weighted by Crippen LogP contribution is -2.17. The van der Waals surface area contributed by atoms with E-state index in [1.807, 2.05) is 0 Å². The van der Waals surface area contributed by atoms with Crippen LogP contribution in [0.4, 0.5) is 13.2 Å². The lowest BCUT2D eigenvalue weighted by atomic mass is 9.81. The number of alkyl halides is 3. The van der Waals surface area contributed by atoms with Crippen molar-refractivity contribution in [3.63, 3.8) is 0 Å². The Morgan fingerprint density at radius 2 is 1.72 bits per heavy atom. The summed E-state index contributed by atoms with van der Waals surface area (Å²) >= 11 is 0. The van der Waals surface area contributed by atoms with E-state index in [1.165, 1.54) is 19.1 Å². The van der Waals surface area contributed by atoms with Crippen LogP contribution in [0, 0.1) is 11.8 Å². The van der Waals surface area contributed by atoms with Crippen molar-refractivity contribution in [2.24, 2.45) is 11.8 Å². The summed E-state index contributed by atoms with van der Waals surface area (Å²) in [6.45, 7) is 5.85. The number of ketones is 1. The number of carbonyl (C=O) groups is 2. The van der Waals surface area contributed by atoms with Gasteiger partial charge in [-0.1, -0.05) is 32.0 Å². The summed E-state index contributed by atoms with van der Waals surface area (Å²) in [6.07, 6.45) is -0.493. The number of hydrogen-bond acceptors (Lipinski definition) is 2. The number of aliphatic carboxylic acids is 1. The summed E-state index contributed by atoms with van der Waals surface area (Å²) < 4.78 is 36.9. The third-order valence-electron chi connectivity index (χ3n) is 4.62. The molecule has 0 radical (unpaired) electrons. The average Bonchev–Trinajstić information content (AvgIpc) is 2.54. The van der Waals surface area contributed by atoms with Gasteiger partial charge in [-0.05, 0) is 43.2 Å². The first-order chi connectivity index (χ1) is 11.5. The van der Waals surface area contributed by atoms with E-state index in [2.05, 4.69) is 13.8 Å². The summed E-state index contributed by atoms with van der Waals surface area (Å²) in [5, 5.41) is 8.65. The van der Waals surface area contributed by atoms with Gasteiger partial charge in [0.1, 0.15) is 5.78 Å². The minimum atomic E-state index is -4.44. The Labute approximate surface area is 146 Å². The molecular weight excluding hydrogens is 333 g/mol. The van der Waals surface area contributed by atoms with Gasteiger partial charge < -0.3 is 5.11 Å². The maximum absolute atomic E-state index is 12.3. The fourth-order valence-corrected chi connectivity index (χ4v) is 2.76. The Morgan fingerprint density at radius 3 is 2.16 bits per heavy atom. The van der Waals surface area contributed by atoms with Gasteiger partial charge in [0.2, 0.25) is 0 Å². The minimum absolute atomic E-state index is 0.150. The molecule has 1 N–H and O–H groups in total. The zero-order valence-corrected chi connectivity index (χ0v) is 14.8. The summed E-state index contributed by atoms with van der Waals surface area (Å²) in [4.78, 5) is 21.4. The molecule has 2 rings (SSSR count). The van der Waals surface area contributed by atoms with E-state index >= 15 is 0 Å². The molecule has 0 aliphatic heterocycles. The van der Waals surface area contributed by atoms with Gasteiger partial charge in [-0.25, -0.2) is 0 Å². The van der Waals surface area contributed by atoms with Crippen molar-refractivity contribution in [2.75, 3.05) is 0 Å². The number of carbonyl (C=O) groups excluding carboxylic acids is 1. The summed E-state index contributed by atoms with van der Waals surface area (Å²) in [5.74, 6) is -0.0238. The summed E-state index contributed by atoms with van der Waals surface area (Å²) in [6, 6.07) is 4.35. The predicted molar refractivity (Wildman–Crippen MR) is 89.3 cm³/mol. The number of halogens is 3. The van der Waals surface area contributed by atoms with E-state index in [-0.39, 0.29) is 5.56 Å². The molecule has 140 valence electrons. The van der Waals surface area contributed by atoms with Crippen molar-refractivity contribution < 1.29 is 27.9 Å². The fraction of sp³-hybridized carbons (Fsp3) is 0.579. The Bertz CT molecular complexity index is 584. The molecule has 1 unspecified atom stereocenters. The van der Waals surface area contributed by atoms with Crippen molar-refractivity contribution in [1.82, 2.24) is 0 Å². The van der Waals surface area contributed by atoms with Crippen molar-refractivity contribution >= 4 is 11.8 Å². The highest BCUT2D eigenvalue weighted by Gasteiger charge is 2.31. The van der Waals surface area contributed by atoms with Crippen LogP contribution in [0.25, 0.3) is 0 Å². The molecule has 0 amide bonds. The summed E-state index contributed by atoms with van der Waals surface area (Å²) in [5.41, 5.74) is -0.676. The van der Waals surface area contributed by atoms with Crippen LogP contribution in [0.15, 0.2) is 24.3 Å². The van der Waals surface area contributed by atoms with E-state index in [0.29, 0.717) is 5.78 Å². The van der Waals surface area contributed by atoms with Gasteiger partial charge >= 0.3 is 12.1 Å². The monoisotopic (exact) mass is 358 g/mol. The van der Waals surface area contributed by atoms with E-state index < -0.39 is 23.6 Å². The molecule has 1 aromatic rings. The normalized spacial score (nSPS) is 17.0. The molecule has 0 aromatic heterocycles. The van der Waals surface area contributed by atoms with Crippen LogP contribution in [0.5, 0.6) is 0 Å². The maximum Gasteiger partial charge on any atom is 0.416 e. The van der Waals surface area contributed by atoms with Gasteiger partial charge in [-0.3, -0.25) is 9.59 Å². The molecule has 0 saturated heterocycles. The van der Waals surface area contributed by atoms with Crippen LogP contribution in [0.2, 0.25) is 0 Å². The lowest BCUT2D eigenvalue weighted by molar-refractivity contribution is -0.139. The van der Waals surface area contributed by atoms with Gasteiger partial charge in [-0.15, -0.1) is 0 Å². The van der Waals surface area contributed by atoms with Crippen LogP contribution in [0.3, 0.4) is 0 Å². The first-order valence-electron chi connectivity index (χ1n) is 8.44. The molecule has 1 saturated carbocycles. The number of carboxylic acid groups (broad SMARTS) is 1. The molecule has 0 bridgehead atoms. The lowest BCUT2D eigenvalue weighted by Gasteiger charge is -2.23. The Morgan fingerprint density at radius 1 is 1.16 bits per heavy atom. The molecule has 0 heterocycles. The SMILES string of the molecule is CC(C(=O)O)c1cccc(C(F)(F)F)c1.CC(C)C1CCC(=O)CC1. The van der Waals surface area contributed by atoms with Gasteiger partial charge in [-0.2, -0.15) is 13.2 Å². The van der Waals surface area contributed by atoms with E-state index in [1.54, 1.807) is 0 Å². The number of hydrogen-bond donors (Lipinski definition) is 1. The average molecular weight is 358 g/mol. The van der Waals surface area contributed by atoms with Crippen LogP contribution in [-0.2, 0) is 15.8 Å². The molecule has 1 aliphatic rings. The molecule has 1 aliphatic carbocycles. The minimum Gasteiger partial charge on any atom is -0.481 e. The molecule has 1 fully saturated rings. The second-order valence-corrected chi connectivity index (χ2v) is 6.80. The zero-order valence-electron chi connectivity index (χ0n) is 14.8. The third kappa shape index (κ3) is 6.88.